The second-order valence-electron chi connectivity index (χ2n) is 6.89. The van der Waals surface area contributed by atoms with E-state index in [-0.39, 0.29) is 30.1 Å². The van der Waals surface area contributed by atoms with Gasteiger partial charge in [0.05, 0.1) is 11.2 Å². The fraction of sp³-hybridized carbons (Fsp3) is 0.389. The molecule has 0 atom stereocenters. The summed E-state index contributed by atoms with van der Waals surface area (Å²) in [6, 6.07) is 2.78. The average Bonchev–Trinajstić information content (AvgIpc) is 3.47. The van der Waals surface area contributed by atoms with Gasteiger partial charge in [-0.2, -0.15) is 0 Å². The van der Waals surface area contributed by atoms with E-state index in [2.05, 4.69) is 0 Å². The van der Waals surface area contributed by atoms with Crippen molar-refractivity contribution in [3.05, 3.63) is 39.9 Å². The summed E-state index contributed by atoms with van der Waals surface area (Å²) in [7, 11) is 0. The highest BCUT2D eigenvalue weighted by molar-refractivity contribution is 5.93. The number of fused-ring (bicyclic) bond motifs is 1. The van der Waals surface area contributed by atoms with Gasteiger partial charge < -0.3 is 24.6 Å². The number of piperazine rings is 1. The molecule has 142 valence electrons. The van der Waals surface area contributed by atoms with Gasteiger partial charge >= 0.3 is 12.1 Å². The van der Waals surface area contributed by atoms with E-state index in [0.29, 0.717) is 24.3 Å². The van der Waals surface area contributed by atoms with Crippen LogP contribution in [0.15, 0.2) is 23.1 Å². The predicted molar refractivity (Wildman–Crippen MR) is 95.2 cm³/mol. The van der Waals surface area contributed by atoms with E-state index in [4.69, 9.17) is 5.11 Å². The zero-order valence-electron chi connectivity index (χ0n) is 14.4. The lowest BCUT2D eigenvalue weighted by Crippen LogP contribution is -2.48. The maximum absolute atomic E-state index is 14.8. The Hall–Kier alpha value is -3.10. The minimum atomic E-state index is -1.33. The summed E-state index contributed by atoms with van der Waals surface area (Å²) < 4.78 is 16.5. The number of amides is 1. The number of pyridine rings is 1. The zero-order chi connectivity index (χ0) is 19.3. The zero-order valence-corrected chi connectivity index (χ0v) is 14.4. The second kappa shape index (κ2) is 6.26. The van der Waals surface area contributed by atoms with Crippen LogP contribution in [0.4, 0.5) is 14.9 Å². The summed E-state index contributed by atoms with van der Waals surface area (Å²) in [5.41, 5.74) is -0.263. The van der Waals surface area contributed by atoms with Crippen LogP contribution >= 0.6 is 0 Å². The molecule has 1 aliphatic carbocycles. The van der Waals surface area contributed by atoms with Crippen LogP contribution in [0.3, 0.4) is 0 Å². The Labute approximate surface area is 153 Å². The summed E-state index contributed by atoms with van der Waals surface area (Å²) in [5.74, 6) is -1.95. The van der Waals surface area contributed by atoms with Crippen molar-refractivity contribution in [3.8, 4) is 0 Å². The van der Waals surface area contributed by atoms with Gasteiger partial charge in [-0.1, -0.05) is 0 Å². The molecule has 9 heteroatoms. The standard InChI is InChI=1S/C18H18FN3O5/c19-13-7-11-14(8-15(13)20-3-5-21(6-4-20)18(26)27)22(10-1-2-10)9-12(16(11)23)17(24)25/h7-10H,1-6H2,(H,24,25)(H,26,27). The van der Waals surface area contributed by atoms with Crippen molar-refractivity contribution < 1.29 is 24.2 Å². The van der Waals surface area contributed by atoms with Crippen molar-refractivity contribution >= 4 is 28.7 Å². The van der Waals surface area contributed by atoms with Crippen LogP contribution in [0.1, 0.15) is 29.2 Å². The first-order chi connectivity index (χ1) is 12.9. The first-order valence-corrected chi connectivity index (χ1v) is 8.71. The molecule has 2 aliphatic rings. The van der Waals surface area contributed by atoms with Gasteiger partial charge in [-0.3, -0.25) is 4.79 Å². The first kappa shape index (κ1) is 17.3. The minimum absolute atomic E-state index is 0.0484. The number of carboxylic acids is 1. The smallest absolute Gasteiger partial charge is 0.407 e. The third kappa shape index (κ3) is 2.98. The van der Waals surface area contributed by atoms with E-state index in [1.807, 2.05) is 0 Å². The van der Waals surface area contributed by atoms with Gasteiger partial charge in [0.2, 0.25) is 5.43 Å². The number of benzene rings is 1. The fourth-order valence-electron chi connectivity index (χ4n) is 3.55. The molecular weight excluding hydrogens is 357 g/mol. The van der Waals surface area contributed by atoms with Crippen LogP contribution < -0.4 is 10.3 Å². The van der Waals surface area contributed by atoms with Crippen molar-refractivity contribution in [3.63, 3.8) is 0 Å². The third-order valence-corrected chi connectivity index (χ3v) is 5.16. The van der Waals surface area contributed by atoms with Crippen LogP contribution in [0.25, 0.3) is 10.9 Å². The molecule has 1 aliphatic heterocycles. The van der Waals surface area contributed by atoms with E-state index in [9.17, 15) is 23.9 Å². The summed E-state index contributed by atoms with van der Waals surface area (Å²) >= 11 is 0. The highest BCUT2D eigenvalue weighted by Gasteiger charge is 2.28. The van der Waals surface area contributed by atoms with Gasteiger partial charge in [0.25, 0.3) is 0 Å². The van der Waals surface area contributed by atoms with Crippen molar-refractivity contribution in [2.75, 3.05) is 31.1 Å². The predicted octanol–water partition coefficient (Wildman–Crippen LogP) is 1.97. The van der Waals surface area contributed by atoms with Gasteiger partial charge in [-0.05, 0) is 25.0 Å². The minimum Gasteiger partial charge on any atom is -0.477 e. The highest BCUT2D eigenvalue weighted by Crippen LogP contribution is 2.38. The molecule has 1 amide bonds. The largest absolute Gasteiger partial charge is 0.477 e. The first-order valence-electron chi connectivity index (χ1n) is 8.71. The molecule has 1 saturated heterocycles. The van der Waals surface area contributed by atoms with Gasteiger partial charge in [0.15, 0.2) is 0 Å². The molecule has 0 radical (unpaired) electrons. The molecule has 0 bridgehead atoms. The number of hydrogen-bond acceptors (Lipinski definition) is 4. The number of nitrogens with zero attached hydrogens (tertiary/aromatic N) is 3. The Bertz CT molecular complexity index is 1010. The summed E-state index contributed by atoms with van der Waals surface area (Å²) in [5, 5.41) is 18.4. The molecule has 27 heavy (non-hydrogen) atoms. The van der Waals surface area contributed by atoms with Crippen LogP contribution in [0, 0.1) is 5.82 Å². The number of aromatic nitrogens is 1. The molecule has 4 rings (SSSR count). The second-order valence-corrected chi connectivity index (χ2v) is 6.89. The molecule has 1 aromatic carbocycles. The van der Waals surface area contributed by atoms with Gasteiger partial charge in [-0.25, -0.2) is 14.0 Å². The Kier molecular flexibility index (Phi) is 4.01. The molecule has 0 unspecified atom stereocenters. The quantitative estimate of drug-likeness (QED) is 0.850. The van der Waals surface area contributed by atoms with Gasteiger partial charge in [0, 0.05) is 43.8 Å². The van der Waals surface area contributed by atoms with Crippen molar-refractivity contribution in [1.82, 2.24) is 9.47 Å². The van der Waals surface area contributed by atoms with Crippen molar-refractivity contribution in [1.29, 1.82) is 0 Å². The summed E-state index contributed by atoms with van der Waals surface area (Å²) in [4.78, 5) is 37.9. The topological polar surface area (TPSA) is 103 Å². The van der Waals surface area contributed by atoms with E-state index in [0.717, 1.165) is 18.9 Å². The molecule has 0 spiro atoms. The van der Waals surface area contributed by atoms with E-state index in [1.54, 1.807) is 15.5 Å². The number of anilines is 1. The number of aromatic carboxylic acids is 1. The monoisotopic (exact) mass is 375 g/mol. The lowest BCUT2D eigenvalue weighted by Gasteiger charge is -2.35. The molecule has 1 saturated carbocycles. The maximum Gasteiger partial charge on any atom is 0.407 e. The molecule has 8 nitrogen and oxygen atoms in total. The molecule has 2 aromatic rings. The number of carbonyl (C=O) groups is 2. The Morgan fingerprint density at radius 3 is 2.30 bits per heavy atom. The van der Waals surface area contributed by atoms with Crippen LogP contribution in [-0.4, -0.2) is 57.9 Å². The number of carboxylic acid groups (broad SMARTS) is 2. The van der Waals surface area contributed by atoms with Crippen molar-refractivity contribution in [2.45, 2.75) is 18.9 Å². The Morgan fingerprint density at radius 2 is 1.74 bits per heavy atom. The van der Waals surface area contributed by atoms with E-state index >= 15 is 0 Å². The van der Waals surface area contributed by atoms with E-state index < -0.39 is 23.3 Å². The molecule has 2 heterocycles. The lowest BCUT2D eigenvalue weighted by molar-refractivity contribution is 0.0694. The summed E-state index contributed by atoms with van der Waals surface area (Å²) in [6.07, 6.45) is 2.09. The Balaban J connectivity index is 1.80. The SMILES string of the molecule is O=C(O)c1cn(C2CC2)c2cc(N3CCN(C(=O)O)CC3)c(F)cc2c1=O. The normalized spacial score (nSPS) is 17.4. The average molecular weight is 375 g/mol. The third-order valence-electron chi connectivity index (χ3n) is 5.16. The number of rotatable bonds is 3. The van der Waals surface area contributed by atoms with Crippen LogP contribution in [-0.2, 0) is 0 Å². The fourth-order valence-corrected chi connectivity index (χ4v) is 3.55. The molecule has 1 aromatic heterocycles. The van der Waals surface area contributed by atoms with Gasteiger partial charge in [0.1, 0.15) is 11.4 Å². The van der Waals surface area contributed by atoms with Crippen molar-refractivity contribution in [2.24, 2.45) is 0 Å². The lowest BCUT2D eigenvalue weighted by atomic mass is 10.1. The summed E-state index contributed by atoms with van der Waals surface area (Å²) in [6.45, 7) is 1.21. The van der Waals surface area contributed by atoms with E-state index in [1.165, 1.54) is 11.1 Å². The maximum atomic E-state index is 14.8. The molecular formula is C18H18FN3O5. The van der Waals surface area contributed by atoms with Crippen LogP contribution in [0.2, 0.25) is 0 Å². The highest BCUT2D eigenvalue weighted by atomic mass is 19.1. The Morgan fingerprint density at radius 1 is 1.07 bits per heavy atom. The van der Waals surface area contributed by atoms with Gasteiger partial charge in [-0.15, -0.1) is 0 Å². The molecule has 2 N–H and O–H groups in total. The number of hydrogen-bond donors (Lipinski definition) is 2. The number of halogens is 1. The molecule has 2 fully saturated rings. The van der Waals surface area contributed by atoms with Crippen LogP contribution in [0.5, 0.6) is 0 Å².